The molecular formula is C17H21Cl2NO3. The molecule has 4 nitrogen and oxygen atoms in total. The number of benzene rings is 1. The van der Waals surface area contributed by atoms with Gasteiger partial charge in [0.2, 0.25) is 5.91 Å². The van der Waals surface area contributed by atoms with E-state index in [9.17, 15) is 9.59 Å². The third-order valence-corrected chi connectivity index (χ3v) is 4.36. The Morgan fingerprint density at radius 3 is 2.65 bits per heavy atom. The van der Waals surface area contributed by atoms with Crippen molar-refractivity contribution in [2.24, 2.45) is 5.92 Å². The molecule has 1 aliphatic carbocycles. The molecule has 0 aromatic heterocycles. The molecule has 0 N–H and O–H groups in total. The highest BCUT2D eigenvalue weighted by Gasteiger charge is 2.28. The molecule has 6 heteroatoms. The molecule has 0 aliphatic heterocycles. The Morgan fingerprint density at radius 2 is 2.04 bits per heavy atom. The van der Waals surface area contributed by atoms with E-state index in [1.54, 1.807) is 24.0 Å². The lowest BCUT2D eigenvalue weighted by Crippen LogP contribution is -2.38. The molecule has 0 spiro atoms. The molecule has 1 aromatic rings. The number of halogens is 2. The van der Waals surface area contributed by atoms with Gasteiger partial charge in [0.05, 0.1) is 6.61 Å². The van der Waals surface area contributed by atoms with Crippen LogP contribution in [0.3, 0.4) is 0 Å². The first-order chi connectivity index (χ1) is 11.0. The fourth-order valence-electron chi connectivity index (χ4n) is 2.35. The SMILES string of the molecule is CCOC(=O)CN(CC1CC1)C(=O)CCc1ccc(Cl)cc1Cl. The Kier molecular flexibility index (Phi) is 6.72. The molecule has 23 heavy (non-hydrogen) atoms. The van der Waals surface area contributed by atoms with Gasteiger partial charge in [0.15, 0.2) is 0 Å². The lowest BCUT2D eigenvalue weighted by atomic mass is 10.1. The van der Waals surface area contributed by atoms with Crippen molar-refractivity contribution in [1.82, 2.24) is 4.90 Å². The van der Waals surface area contributed by atoms with Gasteiger partial charge in [-0.25, -0.2) is 0 Å². The van der Waals surface area contributed by atoms with Gasteiger partial charge >= 0.3 is 5.97 Å². The number of ether oxygens (including phenoxy) is 1. The van der Waals surface area contributed by atoms with Crippen molar-refractivity contribution in [3.05, 3.63) is 33.8 Å². The average molecular weight is 358 g/mol. The number of carbonyl (C=O) groups excluding carboxylic acids is 2. The Bertz CT molecular complexity index is 573. The van der Waals surface area contributed by atoms with Crippen LogP contribution in [0.15, 0.2) is 18.2 Å². The van der Waals surface area contributed by atoms with Gasteiger partial charge in [-0.15, -0.1) is 0 Å². The summed E-state index contributed by atoms with van der Waals surface area (Å²) in [4.78, 5) is 25.7. The standard InChI is InChI=1S/C17H21Cl2NO3/c1-2-23-17(22)11-20(10-12-3-4-12)16(21)8-6-13-5-7-14(18)9-15(13)19/h5,7,9,12H,2-4,6,8,10-11H2,1H3. The molecule has 0 bridgehead atoms. The normalized spacial score (nSPS) is 13.7. The quantitative estimate of drug-likeness (QED) is 0.666. The van der Waals surface area contributed by atoms with Gasteiger partial charge in [0.25, 0.3) is 0 Å². The van der Waals surface area contributed by atoms with Gasteiger partial charge < -0.3 is 9.64 Å². The number of hydrogen-bond acceptors (Lipinski definition) is 3. The second-order valence-corrected chi connectivity index (χ2v) is 6.60. The largest absolute Gasteiger partial charge is 0.465 e. The summed E-state index contributed by atoms with van der Waals surface area (Å²) in [5.74, 6) is 0.120. The fraction of sp³-hybridized carbons (Fsp3) is 0.529. The van der Waals surface area contributed by atoms with Crippen molar-refractivity contribution in [1.29, 1.82) is 0 Å². The molecular weight excluding hydrogens is 337 g/mol. The zero-order valence-corrected chi connectivity index (χ0v) is 14.7. The minimum absolute atomic E-state index is 0.0253. The molecule has 0 radical (unpaired) electrons. The maximum absolute atomic E-state index is 12.4. The van der Waals surface area contributed by atoms with Crippen molar-refractivity contribution < 1.29 is 14.3 Å². The van der Waals surface area contributed by atoms with E-state index in [1.807, 2.05) is 6.07 Å². The van der Waals surface area contributed by atoms with Gasteiger partial charge in [0, 0.05) is 23.0 Å². The highest BCUT2D eigenvalue weighted by molar-refractivity contribution is 6.35. The Balaban J connectivity index is 1.92. The molecule has 126 valence electrons. The van der Waals surface area contributed by atoms with Gasteiger partial charge in [-0.3, -0.25) is 9.59 Å². The second-order valence-electron chi connectivity index (χ2n) is 5.76. The number of rotatable bonds is 8. The van der Waals surface area contributed by atoms with Crippen LogP contribution in [0.1, 0.15) is 31.7 Å². The molecule has 0 atom stereocenters. The number of amides is 1. The highest BCUT2D eigenvalue weighted by Crippen LogP contribution is 2.30. The predicted octanol–water partition coefficient (Wildman–Crippen LogP) is 3.73. The van der Waals surface area contributed by atoms with Crippen molar-refractivity contribution in [2.75, 3.05) is 19.7 Å². The van der Waals surface area contributed by atoms with Gasteiger partial charge in [0.1, 0.15) is 6.54 Å². The van der Waals surface area contributed by atoms with E-state index in [2.05, 4.69) is 0 Å². The van der Waals surface area contributed by atoms with Crippen LogP contribution in [-0.4, -0.2) is 36.5 Å². The Morgan fingerprint density at radius 1 is 1.30 bits per heavy atom. The van der Waals surface area contributed by atoms with Gasteiger partial charge in [-0.2, -0.15) is 0 Å². The Hall–Kier alpha value is -1.26. The molecule has 1 amide bonds. The number of esters is 1. The number of nitrogens with zero attached hydrogens (tertiary/aromatic N) is 1. The van der Waals surface area contributed by atoms with E-state index in [1.165, 1.54) is 0 Å². The highest BCUT2D eigenvalue weighted by atomic mass is 35.5. The molecule has 0 heterocycles. The smallest absolute Gasteiger partial charge is 0.325 e. The number of hydrogen-bond donors (Lipinski definition) is 0. The third-order valence-electron chi connectivity index (χ3n) is 3.78. The van der Waals surface area contributed by atoms with Crippen LogP contribution in [0.25, 0.3) is 0 Å². The zero-order chi connectivity index (χ0) is 16.8. The number of carbonyl (C=O) groups is 2. The molecule has 0 unspecified atom stereocenters. The van der Waals surface area contributed by atoms with Crippen molar-refractivity contribution in [3.63, 3.8) is 0 Å². The van der Waals surface area contributed by atoms with Crippen molar-refractivity contribution in [2.45, 2.75) is 32.6 Å². The summed E-state index contributed by atoms with van der Waals surface area (Å²) in [6.45, 7) is 2.74. The van der Waals surface area contributed by atoms with E-state index < -0.39 is 0 Å². The lowest BCUT2D eigenvalue weighted by Gasteiger charge is -2.21. The summed E-state index contributed by atoms with van der Waals surface area (Å²) in [7, 11) is 0. The van der Waals surface area contributed by atoms with E-state index in [-0.39, 0.29) is 18.4 Å². The number of aryl methyl sites for hydroxylation is 1. The van der Waals surface area contributed by atoms with Crippen molar-refractivity contribution in [3.8, 4) is 0 Å². The lowest BCUT2D eigenvalue weighted by molar-refractivity contribution is -0.149. The maximum atomic E-state index is 12.4. The average Bonchev–Trinajstić information content (AvgIpc) is 3.29. The molecule has 2 rings (SSSR count). The summed E-state index contributed by atoms with van der Waals surface area (Å²) in [6.07, 6.45) is 3.08. The Labute approximate surface area is 146 Å². The predicted molar refractivity (Wildman–Crippen MR) is 90.7 cm³/mol. The first kappa shape index (κ1) is 18.1. The second kappa shape index (κ2) is 8.55. The third kappa shape index (κ3) is 6.04. The topological polar surface area (TPSA) is 46.6 Å². The fourth-order valence-corrected chi connectivity index (χ4v) is 2.86. The molecule has 1 fully saturated rings. The van der Waals surface area contributed by atoms with Crippen LogP contribution in [0.5, 0.6) is 0 Å². The van der Waals surface area contributed by atoms with Gasteiger partial charge in [-0.05, 0) is 49.8 Å². The first-order valence-corrected chi connectivity index (χ1v) is 8.62. The van der Waals surface area contributed by atoms with E-state index in [4.69, 9.17) is 27.9 Å². The minimum atomic E-state index is -0.356. The molecule has 1 saturated carbocycles. The summed E-state index contributed by atoms with van der Waals surface area (Å²) in [6, 6.07) is 5.26. The van der Waals surface area contributed by atoms with Gasteiger partial charge in [-0.1, -0.05) is 29.3 Å². The van der Waals surface area contributed by atoms with Crippen LogP contribution in [-0.2, 0) is 20.7 Å². The summed E-state index contributed by atoms with van der Waals surface area (Å²) >= 11 is 12.0. The van der Waals surface area contributed by atoms with Crippen molar-refractivity contribution >= 4 is 35.1 Å². The monoisotopic (exact) mass is 357 g/mol. The van der Waals surface area contributed by atoms with Crippen LogP contribution >= 0.6 is 23.2 Å². The summed E-state index contributed by atoms with van der Waals surface area (Å²) < 4.78 is 4.95. The van der Waals surface area contributed by atoms with E-state index in [0.717, 1.165) is 18.4 Å². The van der Waals surface area contributed by atoms with Crippen LogP contribution in [0, 0.1) is 5.92 Å². The molecule has 1 aliphatic rings. The van der Waals surface area contributed by atoms with E-state index in [0.29, 0.717) is 42.0 Å². The summed E-state index contributed by atoms with van der Waals surface area (Å²) in [5, 5.41) is 1.13. The molecule has 1 aromatic carbocycles. The minimum Gasteiger partial charge on any atom is -0.465 e. The summed E-state index contributed by atoms with van der Waals surface area (Å²) in [5.41, 5.74) is 0.881. The first-order valence-electron chi connectivity index (χ1n) is 7.87. The van der Waals surface area contributed by atoms with Crippen LogP contribution in [0.2, 0.25) is 10.0 Å². The maximum Gasteiger partial charge on any atom is 0.325 e. The molecule has 0 saturated heterocycles. The zero-order valence-electron chi connectivity index (χ0n) is 13.2. The van der Waals surface area contributed by atoms with E-state index >= 15 is 0 Å². The van der Waals surface area contributed by atoms with Crippen LogP contribution in [0.4, 0.5) is 0 Å². The van der Waals surface area contributed by atoms with Crippen LogP contribution < -0.4 is 0 Å².